The van der Waals surface area contributed by atoms with Crippen LogP contribution in [0.15, 0.2) is 46.9 Å². The van der Waals surface area contributed by atoms with Gasteiger partial charge in [0, 0.05) is 15.1 Å². The van der Waals surface area contributed by atoms with E-state index in [0.29, 0.717) is 22.9 Å². The summed E-state index contributed by atoms with van der Waals surface area (Å²) in [6.07, 6.45) is 0. The number of anilines is 2. The van der Waals surface area contributed by atoms with Crippen LogP contribution in [0, 0.1) is 11.3 Å². The molecule has 0 aliphatic carbocycles. The summed E-state index contributed by atoms with van der Waals surface area (Å²) in [6.45, 7) is 0.325. The molecule has 26 heavy (non-hydrogen) atoms. The Kier molecular flexibility index (Phi) is 5.26. The van der Waals surface area contributed by atoms with Crippen LogP contribution in [-0.2, 0) is 6.61 Å². The van der Waals surface area contributed by atoms with Crippen molar-refractivity contribution < 1.29 is 4.74 Å². The lowest BCUT2D eigenvalue weighted by Gasteiger charge is -2.14. The van der Waals surface area contributed by atoms with E-state index < -0.39 is 0 Å². The second kappa shape index (κ2) is 7.60. The Morgan fingerprint density at radius 2 is 1.96 bits per heavy atom. The maximum absolute atomic E-state index is 9.42. The SMILES string of the molecule is N#Cc1c(N)nc(N)nc1-c1cc(Cl)ccc1OCc1cccc(Br)c1. The highest BCUT2D eigenvalue weighted by molar-refractivity contribution is 9.10. The largest absolute Gasteiger partial charge is 0.488 e. The predicted octanol–water partition coefficient (Wildman–Crippen LogP) is 4.17. The van der Waals surface area contributed by atoms with Crippen molar-refractivity contribution in [3.05, 3.63) is 63.1 Å². The Morgan fingerprint density at radius 1 is 1.15 bits per heavy atom. The Balaban J connectivity index is 2.04. The number of halogens is 2. The van der Waals surface area contributed by atoms with Gasteiger partial charge in [-0.25, -0.2) is 4.98 Å². The van der Waals surface area contributed by atoms with Crippen LogP contribution >= 0.6 is 27.5 Å². The lowest BCUT2D eigenvalue weighted by Crippen LogP contribution is -2.06. The molecule has 3 rings (SSSR count). The normalized spacial score (nSPS) is 10.3. The zero-order valence-electron chi connectivity index (χ0n) is 13.4. The third kappa shape index (κ3) is 3.87. The van der Waals surface area contributed by atoms with Crippen molar-refractivity contribution in [2.75, 3.05) is 11.5 Å². The number of rotatable bonds is 4. The van der Waals surface area contributed by atoms with Crippen LogP contribution in [0.1, 0.15) is 11.1 Å². The Labute approximate surface area is 163 Å². The molecule has 0 unspecified atom stereocenters. The number of hydrogen-bond donors (Lipinski definition) is 2. The molecule has 6 nitrogen and oxygen atoms in total. The summed E-state index contributed by atoms with van der Waals surface area (Å²) in [5, 5.41) is 9.89. The van der Waals surface area contributed by atoms with Crippen LogP contribution in [0.3, 0.4) is 0 Å². The topological polar surface area (TPSA) is 111 Å². The van der Waals surface area contributed by atoms with Crippen LogP contribution in [0.5, 0.6) is 5.75 Å². The van der Waals surface area contributed by atoms with Gasteiger partial charge >= 0.3 is 0 Å². The summed E-state index contributed by atoms with van der Waals surface area (Å²) in [4.78, 5) is 7.99. The molecular formula is C18H13BrClN5O. The molecule has 0 aliphatic heterocycles. The first-order valence-electron chi connectivity index (χ1n) is 7.48. The molecule has 3 aromatic rings. The molecule has 0 bridgehead atoms. The van der Waals surface area contributed by atoms with Gasteiger partial charge in [0.15, 0.2) is 0 Å². The number of nitrogen functional groups attached to an aromatic ring is 2. The number of ether oxygens (including phenoxy) is 1. The van der Waals surface area contributed by atoms with Gasteiger partial charge in [-0.05, 0) is 35.9 Å². The molecule has 2 aromatic carbocycles. The van der Waals surface area contributed by atoms with E-state index in [-0.39, 0.29) is 23.0 Å². The highest BCUT2D eigenvalue weighted by atomic mass is 79.9. The zero-order valence-corrected chi connectivity index (χ0v) is 15.8. The molecule has 130 valence electrons. The van der Waals surface area contributed by atoms with Gasteiger partial charge in [-0.3, -0.25) is 0 Å². The lowest BCUT2D eigenvalue weighted by molar-refractivity contribution is 0.307. The minimum Gasteiger partial charge on any atom is -0.488 e. The number of nitriles is 1. The fourth-order valence-electron chi connectivity index (χ4n) is 2.40. The highest BCUT2D eigenvalue weighted by Gasteiger charge is 2.17. The first-order chi connectivity index (χ1) is 12.5. The summed E-state index contributed by atoms with van der Waals surface area (Å²) < 4.78 is 6.89. The van der Waals surface area contributed by atoms with Gasteiger partial charge in [0.25, 0.3) is 0 Å². The van der Waals surface area contributed by atoms with Crippen molar-refractivity contribution in [1.82, 2.24) is 9.97 Å². The first-order valence-corrected chi connectivity index (χ1v) is 8.65. The van der Waals surface area contributed by atoms with Gasteiger partial charge < -0.3 is 16.2 Å². The van der Waals surface area contributed by atoms with Gasteiger partial charge in [0.05, 0.1) is 5.69 Å². The number of nitrogens with zero attached hydrogens (tertiary/aromatic N) is 3. The molecule has 1 heterocycles. The second-order valence-electron chi connectivity index (χ2n) is 5.36. The number of hydrogen-bond acceptors (Lipinski definition) is 6. The lowest BCUT2D eigenvalue weighted by atomic mass is 10.1. The molecule has 0 atom stereocenters. The fourth-order valence-corrected chi connectivity index (χ4v) is 3.02. The van der Waals surface area contributed by atoms with E-state index in [0.717, 1.165) is 10.0 Å². The monoisotopic (exact) mass is 429 g/mol. The summed E-state index contributed by atoms with van der Waals surface area (Å²) in [6, 6.07) is 14.8. The summed E-state index contributed by atoms with van der Waals surface area (Å²) in [7, 11) is 0. The van der Waals surface area contributed by atoms with E-state index in [1.165, 1.54) is 0 Å². The average molecular weight is 431 g/mol. The first kappa shape index (κ1) is 18.0. The third-order valence-electron chi connectivity index (χ3n) is 3.55. The molecule has 4 N–H and O–H groups in total. The van der Waals surface area contributed by atoms with Gasteiger partial charge in [0.2, 0.25) is 5.95 Å². The van der Waals surface area contributed by atoms with Crippen LogP contribution < -0.4 is 16.2 Å². The van der Waals surface area contributed by atoms with Crippen molar-refractivity contribution in [3.8, 4) is 23.1 Å². The molecular weight excluding hydrogens is 418 g/mol. The van der Waals surface area contributed by atoms with E-state index in [2.05, 4.69) is 25.9 Å². The zero-order chi connectivity index (χ0) is 18.7. The Morgan fingerprint density at radius 3 is 2.69 bits per heavy atom. The van der Waals surface area contributed by atoms with Crippen molar-refractivity contribution in [2.24, 2.45) is 0 Å². The van der Waals surface area contributed by atoms with Crippen molar-refractivity contribution in [1.29, 1.82) is 5.26 Å². The fraction of sp³-hybridized carbons (Fsp3) is 0.0556. The maximum atomic E-state index is 9.42. The number of aromatic nitrogens is 2. The smallest absolute Gasteiger partial charge is 0.222 e. The van der Waals surface area contributed by atoms with Gasteiger partial charge in [-0.1, -0.05) is 39.7 Å². The minimum atomic E-state index is -0.0329. The average Bonchev–Trinajstić information content (AvgIpc) is 2.60. The van der Waals surface area contributed by atoms with Crippen LogP contribution in [-0.4, -0.2) is 9.97 Å². The van der Waals surface area contributed by atoms with E-state index in [4.69, 9.17) is 27.8 Å². The predicted molar refractivity (Wildman–Crippen MR) is 104 cm³/mol. The second-order valence-corrected chi connectivity index (χ2v) is 6.71. The number of benzene rings is 2. The quantitative estimate of drug-likeness (QED) is 0.642. The van der Waals surface area contributed by atoms with Gasteiger partial charge in [-0.15, -0.1) is 0 Å². The molecule has 0 amide bonds. The third-order valence-corrected chi connectivity index (χ3v) is 4.27. The van der Waals surface area contributed by atoms with Crippen molar-refractivity contribution >= 4 is 39.3 Å². The van der Waals surface area contributed by atoms with Crippen molar-refractivity contribution in [3.63, 3.8) is 0 Å². The summed E-state index contributed by atoms with van der Waals surface area (Å²) in [5.74, 6) is 0.478. The van der Waals surface area contributed by atoms with E-state index in [9.17, 15) is 5.26 Å². The summed E-state index contributed by atoms with van der Waals surface area (Å²) >= 11 is 9.56. The number of nitrogens with two attached hydrogens (primary N) is 2. The van der Waals surface area contributed by atoms with Gasteiger partial charge in [0.1, 0.15) is 29.8 Å². The van der Waals surface area contributed by atoms with Crippen LogP contribution in [0.25, 0.3) is 11.3 Å². The molecule has 0 saturated heterocycles. The molecule has 8 heteroatoms. The Hall–Kier alpha value is -2.82. The van der Waals surface area contributed by atoms with Crippen LogP contribution in [0.2, 0.25) is 5.02 Å². The van der Waals surface area contributed by atoms with E-state index >= 15 is 0 Å². The molecule has 0 saturated carbocycles. The molecule has 0 radical (unpaired) electrons. The standard InChI is InChI=1S/C18H13BrClN5O/c19-11-3-1-2-10(6-11)9-26-15-5-4-12(20)7-13(15)16-14(8-21)17(22)25-18(23)24-16/h1-7H,9H2,(H4,22,23,24,25). The van der Waals surface area contributed by atoms with Crippen LogP contribution in [0.4, 0.5) is 11.8 Å². The van der Waals surface area contributed by atoms with Crippen molar-refractivity contribution in [2.45, 2.75) is 6.61 Å². The summed E-state index contributed by atoms with van der Waals surface area (Å²) in [5.41, 5.74) is 13.4. The molecule has 0 spiro atoms. The van der Waals surface area contributed by atoms with E-state index in [1.807, 2.05) is 30.3 Å². The minimum absolute atomic E-state index is 0.00733. The molecule has 1 aromatic heterocycles. The maximum Gasteiger partial charge on any atom is 0.222 e. The van der Waals surface area contributed by atoms with E-state index in [1.54, 1.807) is 18.2 Å². The Bertz CT molecular complexity index is 1020. The van der Waals surface area contributed by atoms with Gasteiger partial charge in [-0.2, -0.15) is 10.2 Å². The molecule has 0 fully saturated rings. The molecule has 0 aliphatic rings. The highest BCUT2D eigenvalue weighted by Crippen LogP contribution is 2.35.